The number of fused-ring (bicyclic) bond motifs is 2. The minimum absolute atomic E-state index is 0.0432. The molecule has 0 heterocycles. The topological polar surface area (TPSA) is 66.8 Å². The molecule has 0 aromatic rings. The molecule has 0 aromatic carbocycles. The Hall–Kier alpha value is 0.120. The molecule has 2 bridgehead atoms. The summed E-state index contributed by atoms with van der Waals surface area (Å²) in [5, 5.41) is 21.2. The van der Waals surface area contributed by atoms with Crippen LogP contribution in [0.3, 0.4) is 0 Å². The largest absolute Gasteiger partial charge is 0.461 e. The lowest BCUT2D eigenvalue weighted by Crippen LogP contribution is -2.52. The molecule has 6 unspecified atom stereocenters. The Morgan fingerprint density at radius 2 is 1.73 bits per heavy atom. The summed E-state index contributed by atoms with van der Waals surface area (Å²) in [5.41, 5.74) is -1.71. The van der Waals surface area contributed by atoms with E-state index in [0.717, 1.165) is 19.3 Å². The van der Waals surface area contributed by atoms with Crippen LogP contribution in [0.25, 0.3) is 0 Å². The molecule has 0 amide bonds. The Labute approximate surface area is 147 Å². The summed E-state index contributed by atoms with van der Waals surface area (Å²) < 4.78 is 5.64. The maximum absolute atomic E-state index is 12.1. The van der Waals surface area contributed by atoms with Crippen LogP contribution in [0.5, 0.6) is 0 Å². The predicted molar refractivity (Wildman–Crippen MR) is 93.8 cm³/mol. The van der Waals surface area contributed by atoms with E-state index in [2.05, 4.69) is 22.6 Å². The van der Waals surface area contributed by atoms with Gasteiger partial charge in [0.25, 0.3) is 0 Å². The van der Waals surface area contributed by atoms with Crippen molar-refractivity contribution in [3.8, 4) is 0 Å². The van der Waals surface area contributed by atoms with E-state index in [-0.39, 0.29) is 33.8 Å². The van der Waals surface area contributed by atoms with Crippen molar-refractivity contribution >= 4 is 28.6 Å². The minimum atomic E-state index is -0.885. The van der Waals surface area contributed by atoms with Crippen molar-refractivity contribution in [1.29, 1.82) is 0 Å². The van der Waals surface area contributed by atoms with E-state index in [4.69, 9.17) is 4.74 Å². The SMILES string of the molecule is CCC(I)C(=O)OC1CC2CC1C(C(C)(C)O)C2C(C)(C)O. The summed E-state index contributed by atoms with van der Waals surface area (Å²) in [6.45, 7) is 9.25. The highest BCUT2D eigenvalue weighted by Crippen LogP contribution is 2.59. The van der Waals surface area contributed by atoms with Gasteiger partial charge in [-0.15, -0.1) is 0 Å². The Morgan fingerprint density at radius 1 is 1.18 bits per heavy atom. The molecule has 2 saturated carbocycles. The molecule has 2 aliphatic carbocycles. The molecular formula is C17H29IO4. The van der Waals surface area contributed by atoms with Crippen LogP contribution in [0.15, 0.2) is 0 Å². The van der Waals surface area contributed by atoms with Gasteiger partial charge in [-0.1, -0.05) is 29.5 Å². The predicted octanol–water partition coefficient (Wildman–Crippen LogP) is 2.93. The summed E-state index contributed by atoms with van der Waals surface area (Å²) >= 11 is 2.12. The zero-order valence-corrected chi connectivity index (χ0v) is 16.3. The van der Waals surface area contributed by atoms with Gasteiger partial charge in [0.05, 0.1) is 11.2 Å². The summed E-state index contributed by atoms with van der Waals surface area (Å²) in [6.07, 6.45) is 2.39. The van der Waals surface area contributed by atoms with Crippen LogP contribution in [-0.2, 0) is 9.53 Å². The molecule has 0 saturated heterocycles. The number of carbonyl (C=O) groups excluding carboxylic acids is 1. The summed E-state index contributed by atoms with van der Waals surface area (Å²) in [7, 11) is 0. The second-order valence-corrected chi connectivity index (χ2v) is 9.61. The van der Waals surface area contributed by atoms with E-state index in [1.807, 2.05) is 34.6 Å². The van der Waals surface area contributed by atoms with Crippen LogP contribution in [-0.4, -0.2) is 37.4 Å². The molecule has 0 aliphatic heterocycles. The van der Waals surface area contributed by atoms with Gasteiger partial charge in [-0.25, -0.2) is 0 Å². The standard InChI is InChI=1S/C17H29IO4/c1-6-11(18)15(19)22-12-8-9-7-10(12)14(17(4,5)21)13(9)16(2,3)20/h9-14,20-21H,6-8H2,1-5H3. The molecule has 22 heavy (non-hydrogen) atoms. The quantitative estimate of drug-likeness (QED) is 0.405. The Kier molecular flexibility index (Phi) is 5.21. The van der Waals surface area contributed by atoms with E-state index in [1.165, 1.54) is 0 Å². The molecule has 2 fully saturated rings. The number of halogens is 1. The van der Waals surface area contributed by atoms with Crippen LogP contribution >= 0.6 is 22.6 Å². The van der Waals surface area contributed by atoms with Crippen molar-refractivity contribution in [3.63, 3.8) is 0 Å². The fourth-order valence-electron chi connectivity index (χ4n) is 4.81. The van der Waals surface area contributed by atoms with Crippen molar-refractivity contribution in [2.24, 2.45) is 23.7 Å². The normalized spacial score (nSPS) is 36.5. The number of esters is 1. The molecule has 0 aromatic heterocycles. The van der Waals surface area contributed by atoms with Crippen LogP contribution in [0.1, 0.15) is 53.9 Å². The first-order valence-electron chi connectivity index (χ1n) is 8.26. The van der Waals surface area contributed by atoms with Crippen LogP contribution in [0.4, 0.5) is 0 Å². The van der Waals surface area contributed by atoms with E-state index in [9.17, 15) is 15.0 Å². The average Bonchev–Trinajstić information content (AvgIpc) is 2.93. The third-order valence-corrected chi connectivity index (χ3v) is 6.85. The van der Waals surface area contributed by atoms with Gasteiger partial charge in [0.2, 0.25) is 0 Å². The summed E-state index contributed by atoms with van der Waals surface area (Å²) in [5.74, 6) is 0.321. The van der Waals surface area contributed by atoms with Crippen LogP contribution < -0.4 is 0 Å². The second-order valence-electron chi connectivity index (χ2n) is 8.11. The first kappa shape index (κ1) is 18.5. The minimum Gasteiger partial charge on any atom is -0.461 e. The first-order valence-corrected chi connectivity index (χ1v) is 9.50. The lowest BCUT2D eigenvalue weighted by atomic mass is 9.65. The van der Waals surface area contributed by atoms with Crippen molar-refractivity contribution in [2.75, 3.05) is 0 Å². The second kappa shape index (κ2) is 6.20. The Bertz CT molecular complexity index is 423. The van der Waals surface area contributed by atoms with Crippen molar-refractivity contribution in [3.05, 3.63) is 0 Å². The molecule has 2 rings (SSSR count). The first-order chi connectivity index (χ1) is 9.96. The van der Waals surface area contributed by atoms with Gasteiger partial charge in [0, 0.05) is 5.92 Å². The van der Waals surface area contributed by atoms with E-state index in [0.29, 0.717) is 5.92 Å². The third-order valence-electron chi connectivity index (χ3n) is 5.46. The number of aliphatic hydroxyl groups is 2. The molecule has 5 heteroatoms. The Balaban J connectivity index is 2.18. The molecular weight excluding hydrogens is 395 g/mol. The Morgan fingerprint density at radius 3 is 2.18 bits per heavy atom. The van der Waals surface area contributed by atoms with Gasteiger partial charge < -0.3 is 14.9 Å². The van der Waals surface area contributed by atoms with Crippen LogP contribution in [0.2, 0.25) is 0 Å². The molecule has 0 radical (unpaired) electrons. The number of hydrogen-bond donors (Lipinski definition) is 2. The van der Waals surface area contributed by atoms with Gasteiger partial charge in [-0.3, -0.25) is 4.79 Å². The maximum atomic E-state index is 12.1. The monoisotopic (exact) mass is 424 g/mol. The van der Waals surface area contributed by atoms with Gasteiger partial charge in [-0.2, -0.15) is 0 Å². The average molecular weight is 424 g/mol. The highest BCUT2D eigenvalue weighted by atomic mass is 127. The molecule has 0 spiro atoms. The molecule has 4 nitrogen and oxygen atoms in total. The summed E-state index contributed by atoms with van der Waals surface area (Å²) in [4.78, 5) is 12.1. The van der Waals surface area contributed by atoms with Crippen molar-refractivity contribution in [1.82, 2.24) is 0 Å². The highest BCUT2D eigenvalue weighted by molar-refractivity contribution is 14.1. The molecule has 2 aliphatic rings. The number of rotatable bonds is 5. The van der Waals surface area contributed by atoms with Gasteiger partial charge >= 0.3 is 5.97 Å². The zero-order chi connectivity index (χ0) is 16.9. The molecule has 128 valence electrons. The smallest absolute Gasteiger partial charge is 0.319 e. The number of hydrogen-bond acceptors (Lipinski definition) is 4. The lowest BCUT2D eigenvalue weighted by Gasteiger charge is -2.46. The molecule has 2 N–H and O–H groups in total. The van der Waals surface area contributed by atoms with Gasteiger partial charge in [-0.05, 0) is 64.7 Å². The third kappa shape index (κ3) is 3.46. The summed E-state index contributed by atoms with van der Waals surface area (Å²) in [6, 6.07) is 0. The number of ether oxygens (including phenoxy) is 1. The van der Waals surface area contributed by atoms with Crippen molar-refractivity contribution < 1.29 is 19.7 Å². The lowest BCUT2D eigenvalue weighted by molar-refractivity contribution is -0.162. The van der Waals surface area contributed by atoms with Gasteiger partial charge in [0.1, 0.15) is 10.0 Å². The fraction of sp³-hybridized carbons (Fsp3) is 0.941. The van der Waals surface area contributed by atoms with Crippen LogP contribution in [0, 0.1) is 23.7 Å². The maximum Gasteiger partial charge on any atom is 0.319 e. The fourth-order valence-corrected chi connectivity index (χ4v) is 4.95. The van der Waals surface area contributed by atoms with E-state index < -0.39 is 11.2 Å². The number of alkyl halides is 1. The van der Waals surface area contributed by atoms with E-state index in [1.54, 1.807) is 0 Å². The zero-order valence-electron chi connectivity index (χ0n) is 14.2. The highest BCUT2D eigenvalue weighted by Gasteiger charge is 2.61. The van der Waals surface area contributed by atoms with E-state index >= 15 is 0 Å². The van der Waals surface area contributed by atoms with Crippen molar-refractivity contribution in [2.45, 2.75) is 75.1 Å². The number of carbonyl (C=O) groups is 1. The van der Waals surface area contributed by atoms with Gasteiger partial charge in [0.15, 0.2) is 0 Å². The molecule has 6 atom stereocenters.